The van der Waals surface area contributed by atoms with Crippen LogP contribution in [-0.2, 0) is 26.4 Å². The molecule has 1 radical (unpaired) electrons. The number of carbonyl (C=O) groups is 2. The van der Waals surface area contributed by atoms with E-state index in [2.05, 4.69) is 10.6 Å². The molecule has 213 valence electrons. The minimum Gasteiger partial charge on any atom is -0.356 e. The molecule has 0 aliphatic carbocycles. The van der Waals surface area contributed by atoms with Crippen LogP contribution >= 0.6 is 0 Å². The van der Waals surface area contributed by atoms with Crippen LogP contribution in [0.1, 0.15) is 62.3 Å². The van der Waals surface area contributed by atoms with Crippen molar-refractivity contribution >= 4 is 11.8 Å². The molecular formula is C20H41CoN7O8. The molecule has 0 heterocycles. The third-order valence-electron chi connectivity index (χ3n) is 3.88. The van der Waals surface area contributed by atoms with Gasteiger partial charge in [0.25, 0.3) is 0 Å². The molecule has 0 aromatic heterocycles. The molecule has 0 unspecified atom stereocenters. The van der Waals surface area contributed by atoms with E-state index in [4.69, 9.17) is 35.9 Å². The predicted molar refractivity (Wildman–Crippen MR) is 132 cm³/mol. The Labute approximate surface area is 223 Å². The van der Waals surface area contributed by atoms with E-state index in [9.17, 15) is 9.59 Å². The summed E-state index contributed by atoms with van der Waals surface area (Å²) >= 11 is 0. The maximum absolute atomic E-state index is 12.2. The quantitative estimate of drug-likeness (QED) is 0.332. The van der Waals surface area contributed by atoms with E-state index in [1.807, 2.05) is 79.3 Å². The maximum atomic E-state index is 12.2. The summed E-state index contributed by atoms with van der Waals surface area (Å²) in [5, 5.41) is 42.8. The van der Waals surface area contributed by atoms with Crippen LogP contribution in [0.4, 0.5) is 0 Å². The van der Waals surface area contributed by atoms with Gasteiger partial charge in [0.05, 0.1) is 28.3 Å². The molecule has 0 spiro atoms. The molecule has 0 saturated heterocycles. The normalized spacial score (nSPS) is 11.8. The summed E-state index contributed by atoms with van der Waals surface area (Å²) in [6, 6.07) is 1.33. The van der Waals surface area contributed by atoms with Gasteiger partial charge in [-0.1, -0.05) is 0 Å². The van der Waals surface area contributed by atoms with E-state index in [0.29, 0.717) is 13.1 Å². The molecule has 36 heavy (non-hydrogen) atoms. The van der Waals surface area contributed by atoms with Crippen molar-refractivity contribution in [1.29, 1.82) is 5.26 Å². The average Bonchev–Trinajstić information content (AvgIpc) is 2.61. The van der Waals surface area contributed by atoms with E-state index in [1.54, 1.807) is 6.07 Å². The number of hydrogen-bond donors (Lipinski definition) is 2. The largest absolute Gasteiger partial charge is 2.00 e. The molecule has 2 amide bonds. The zero-order valence-corrected chi connectivity index (χ0v) is 23.9. The van der Waals surface area contributed by atoms with Crippen LogP contribution in [-0.4, -0.2) is 82.1 Å². The van der Waals surface area contributed by atoms with Gasteiger partial charge in [0.1, 0.15) is 0 Å². The summed E-state index contributed by atoms with van der Waals surface area (Å²) in [6.45, 7) is 18.5. The van der Waals surface area contributed by atoms with Crippen molar-refractivity contribution in [2.24, 2.45) is 0 Å². The maximum Gasteiger partial charge on any atom is 2.00 e. The van der Waals surface area contributed by atoms with Crippen LogP contribution in [0.15, 0.2) is 0 Å². The zero-order valence-electron chi connectivity index (χ0n) is 22.9. The minimum atomic E-state index is -1.75. The molecule has 15 nitrogen and oxygen atoms in total. The Morgan fingerprint density at radius 3 is 1.11 bits per heavy atom. The smallest absolute Gasteiger partial charge is 0.356 e. The third kappa shape index (κ3) is 35.8. The van der Waals surface area contributed by atoms with Gasteiger partial charge in [-0.3, -0.25) is 19.4 Å². The zero-order chi connectivity index (χ0) is 29.2. The van der Waals surface area contributed by atoms with Crippen molar-refractivity contribution in [3.63, 3.8) is 0 Å². The number of amides is 2. The monoisotopic (exact) mass is 566 g/mol. The summed E-state index contributed by atoms with van der Waals surface area (Å²) in [4.78, 5) is 44.9. The first-order valence-corrected chi connectivity index (χ1v) is 10.5. The second-order valence-electron chi connectivity index (χ2n) is 9.46. The number of rotatable bonds is 7. The van der Waals surface area contributed by atoms with Gasteiger partial charge in [0.2, 0.25) is 11.8 Å². The Morgan fingerprint density at radius 2 is 0.972 bits per heavy atom. The van der Waals surface area contributed by atoms with Crippen LogP contribution < -0.4 is 10.6 Å². The van der Waals surface area contributed by atoms with Gasteiger partial charge < -0.3 is 41.3 Å². The van der Waals surface area contributed by atoms with Gasteiger partial charge in [-0.2, -0.15) is 5.26 Å². The first-order chi connectivity index (χ1) is 15.5. The number of likely N-dealkylation sites (N-methyl/N-ethyl adjacent to an activating group) is 2. The summed E-state index contributed by atoms with van der Waals surface area (Å²) < 4.78 is 0. The van der Waals surface area contributed by atoms with Crippen LogP contribution in [0.25, 0.3) is 0 Å². The first kappa shape index (κ1) is 43.3. The fourth-order valence-electron chi connectivity index (χ4n) is 2.05. The van der Waals surface area contributed by atoms with Crippen molar-refractivity contribution < 1.29 is 36.5 Å². The van der Waals surface area contributed by atoms with Gasteiger partial charge in [0.15, 0.2) is 0 Å². The average molecular weight is 567 g/mol. The van der Waals surface area contributed by atoms with Crippen molar-refractivity contribution in [3.8, 4) is 6.07 Å². The van der Waals surface area contributed by atoms with E-state index in [-0.39, 0.29) is 51.8 Å². The summed E-state index contributed by atoms with van der Waals surface area (Å²) in [5.74, 6) is 0.0392. The van der Waals surface area contributed by atoms with Crippen LogP contribution in [0.2, 0.25) is 0 Å². The Kier molecular flexibility index (Phi) is 25.9. The molecular weight excluding hydrogens is 525 g/mol. The third-order valence-corrected chi connectivity index (χ3v) is 3.88. The second kappa shape index (κ2) is 21.5. The van der Waals surface area contributed by atoms with Gasteiger partial charge in [0, 0.05) is 31.1 Å². The van der Waals surface area contributed by atoms with Gasteiger partial charge in [-0.15, -0.1) is 0 Å². The second-order valence-corrected chi connectivity index (χ2v) is 9.46. The van der Waals surface area contributed by atoms with Crippen molar-refractivity contribution in [2.75, 3.05) is 27.2 Å². The summed E-state index contributed by atoms with van der Waals surface area (Å²) in [5.41, 5.74) is -0.467. The van der Waals surface area contributed by atoms with Crippen LogP contribution in [0.3, 0.4) is 0 Å². The Bertz CT molecular complexity index is 631. The first-order valence-electron chi connectivity index (χ1n) is 10.5. The fourth-order valence-corrected chi connectivity index (χ4v) is 2.05. The van der Waals surface area contributed by atoms with Crippen molar-refractivity contribution in [2.45, 2.75) is 85.5 Å². The number of carbonyl (C=O) groups excluding carboxylic acids is 2. The number of nitrogens with one attached hydrogen (secondary N) is 2. The molecule has 0 fully saturated rings. The number of hydrogen-bond acceptors (Lipinski definition) is 11. The van der Waals surface area contributed by atoms with E-state index >= 15 is 0 Å². The van der Waals surface area contributed by atoms with Gasteiger partial charge in [-0.25, -0.2) is 0 Å². The Balaban J connectivity index is -0.000000224. The molecule has 2 atom stereocenters. The molecule has 0 aliphatic heterocycles. The van der Waals surface area contributed by atoms with Crippen molar-refractivity contribution in [3.05, 3.63) is 30.6 Å². The van der Waals surface area contributed by atoms with E-state index in [1.165, 1.54) is 6.92 Å². The molecule has 0 aromatic rings. The standard InChI is InChI=1S/C18H38N4O2.C2H3N.Co.2NO3/c1-13(15(23)19-17(3,4)5)21(9)11-12-22(10)14(2)16(24)20-18(6,7)8;1-2-3;;2*2-1(3)4/h13-14H,11-12H2,1-10H3,(H,19,23)(H,20,24);1H3;;;/q;;+2;2*-1/t13-,14-;;;;/m0..../s1. The van der Waals surface area contributed by atoms with Crippen molar-refractivity contribution in [1.82, 2.24) is 20.4 Å². The molecule has 0 aliphatic rings. The summed E-state index contributed by atoms with van der Waals surface area (Å²) in [6.07, 6.45) is 0. The summed E-state index contributed by atoms with van der Waals surface area (Å²) in [7, 11) is 3.86. The topological polar surface area (TPSA) is 221 Å². The van der Waals surface area contributed by atoms with E-state index < -0.39 is 10.2 Å². The minimum absolute atomic E-state index is 0. The molecule has 0 saturated carbocycles. The Morgan fingerprint density at radius 1 is 0.806 bits per heavy atom. The SMILES string of the molecule is CC#N.C[C@@H](C(=O)NC(C)(C)C)N(C)CCN(C)[C@@H](C)C(=O)NC(C)(C)C.O=[N+]([O-])[O-].O=[N+]([O-])[O-].[Co+2]. The Hall–Kier alpha value is -2.74. The molecule has 0 bridgehead atoms. The predicted octanol–water partition coefficient (Wildman–Crippen LogP) is 1.51. The molecule has 0 aromatic carbocycles. The molecule has 0 rings (SSSR count). The van der Waals surface area contributed by atoms with E-state index in [0.717, 1.165) is 0 Å². The molecule has 2 N–H and O–H groups in total. The number of nitriles is 1. The van der Waals surface area contributed by atoms with Crippen LogP contribution in [0, 0.1) is 42.0 Å². The van der Waals surface area contributed by atoms with Crippen LogP contribution in [0.5, 0.6) is 0 Å². The van der Waals surface area contributed by atoms with Gasteiger partial charge >= 0.3 is 16.8 Å². The number of nitrogens with zero attached hydrogens (tertiary/aromatic N) is 5. The fraction of sp³-hybridized carbons (Fsp3) is 0.850. The molecule has 16 heteroatoms. The van der Waals surface area contributed by atoms with Gasteiger partial charge in [-0.05, 0) is 69.5 Å².